The van der Waals surface area contributed by atoms with Crippen LogP contribution in [0.2, 0.25) is 0 Å². The average molecular weight is 292 g/mol. The van der Waals surface area contributed by atoms with E-state index in [1.54, 1.807) is 0 Å². The molecule has 1 aliphatic heterocycles. The minimum absolute atomic E-state index is 0.0430. The Bertz CT molecular complexity index is 498. The number of rotatable bonds is 7. The summed E-state index contributed by atoms with van der Waals surface area (Å²) in [4.78, 5) is 25.2. The van der Waals surface area contributed by atoms with Gasteiger partial charge in [0.25, 0.3) is 0 Å². The van der Waals surface area contributed by atoms with Gasteiger partial charge < -0.3 is 10.2 Å². The van der Waals surface area contributed by atoms with Crippen LogP contribution in [0, 0.1) is 6.92 Å². The van der Waals surface area contributed by atoms with E-state index < -0.39 is 0 Å². The molecule has 1 saturated heterocycles. The van der Waals surface area contributed by atoms with E-state index >= 15 is 0 Å². The largest absolute Gasteiger partial charge is 0.353 e. The molecule has 0 aromatic carbocycles. The molecule has 6 nitrogen and oxygen atoms in total. The first kappa shape index (κ1) is 15.5. The number of carbonyl (C=O) groups is 2. The van der Waals surface area contributed by atoms with E-state index in [1.807, 2.05) is 24.8 Å². The van der Waals surface area contributed by atoms with Gasteiger partial charge in [0.1, 0.15) is 0 Å². The number of H-pyrrole nitrogens is 1. The zero-order valence-corrected chi connectivity index (χ0v) is 12.8. The Labute approximate surface area is 125 Å². The Morgan fingerprint density at radius 3 is 3.00 bits per heavy atom. The van der Waals surface area contributed by atoms with Gasteiger partial charge in [-0.25, -0.2) is 0 Å². The first-order valence-electron chi connectivity index (χ1n) is 7.62. The lowest BCUT2D eigenvalue weighted by Gasteiger charge is -2.16. The quantitative estimate of drug-likeness (QED) is 0.792. The number of nitrogens with one attached hydrogen (secondary N) is 2. The van der Waals surface area contributed by atoms with Crippen LogP contribution in [0.5, 0.6) is 0 Å². The fraction of sp³-hybridized carbons (Fsp3) is 0.667. The van der Waals surface area contributed by atoms with Crippen LogP contribution in [0.1, 0.15) is 44.0 Å². The van der Waals surface area contributed by atoms with Crippen molar-refractivity contribution in [2.45, 2.75) is 52.0 Å². The van der Waals surface area contributed by atoms with Crippen molar-refractivity contribution in [3.8, 4) is 0 Å². The van der Waals surface area contributed by atoms with Gasteiger partial charge in [-0.05, 0) is 32.8 Å². The maximum atomic E-state index is 11.9. The third-order valence-corrected chi connectivity index (χ3v) is 3.68. The van der Waals surface area contributed by atoms with E-state index in [0.29, 0.717) is 19.4 Å². The summed E-state index contributed by atoms with van der Waals surface area (Å²) in [5.41, 5.74) is 1.99. The highest BCUT2D eigenvalue weighted by atomic mass is 16.2. The van der Waals surface area contributed by atoms with Crippen molar-refractivity contribution in [1.29, 1.82) is 0 Å². The number of likely N-dealkylation sites (tertiary alicyclic amines) is 1. The smallest absolute Gasteiger partial charge is 0.222 e. The molecule has 2 rings (SSSR count). The molecule has 0 radical (unpaired) electrons. The van der Waals surface area contributed by atoms with Gasteiger partial charge >= 0.3 is 0 Å². The Morgan fingerprint density at radius 2 is 2.38 bits per heavy atom. The first-order valence-corrected chi connectivity index (χ1v) is 7.62. The molecule has 0 unspecified atom stereocenters. The van der Waals surface area contributed by atoms with Crippen LogP contribution >= 0.6 is 0 Å². The summed E-state index contributed by atoms with van der Waals surface area (Å²) in [6.07, 6.45) is 3.53. The maximum absolute atomic E-state index is 11.9. The van der Waals surface area contributed by atoms with Crippen molar-refractivity contribution in [1.82, 2.24) is 20.4 Å². The number of hydrogen-bond acceptors (Lipinski definition) is 3. The number of aromatic nitrogens is 2. The van der Waals surface area contributed by atoms with Crippen molar-refractivity contribution in [3.05, 3.63) is 17.5 Å². The summed E-state index contributed by atoms with van der Waals surface area (Å²) < 4.78 is 0. The number of aryl methyl sites for hydroxylation is 1. The zero-order valence-electron chi connectivity index (χ0n) is 12.8. The van der Waals surface area contributed by atoms with E-state index in [9.17, 15) is 9.59 Å². The van der Waals surface area contributed by atoms with Gasteiger partial charge in [0.2, 0.25) is 11.8 Å². The van der Waals surface area contributed by atoms with Crippen LogP contribution in [-0.4, -0.2) is 46.0 Å². The number of nitrogens with zero attached hydrogens (tertiary/aromatic N) is 2. The summed E-state index contributed by atoms with van der Waals surface area (Å²) >= 11 is 0. The molecule has 0 aliphatic carbocycles. The number of amides is 2. The Hall–Kier alpha value is -1.85. The van der Waals surface area contributed by atoms with Crippen molar-refractivity contribution >= 4 is 11.8 Å². The Morgan fingerprint density at radius 1 is 1.57 bits per heavy atom. The van der Waals surface area contributed by atoms with Gasteiger partial charge in [0.15, 0.2) is 0 Å². The summed E-state index contributed by atoms with van der Waals surface area (Å²) in [5, 5.41) is 10.0. The van der Waals surface area contributed by atoms with Crippen molar-refractivity contribution < 1.29 is 9.59 Å². The van der Waals surface area contributed by atoms with Gasteiger partial charge in [-0.15, -0.1) is 0 Å². The van der Waals surface area contributed by atoms with Gasteiger partial charge in [-0.3, -0.25) is 14.7 Å². The molecule has 1 fully saturated rings. The number of hydrogen-bond donors (Lipinski definition) is 2. The maximum Gasteiger partial charge on any atom is 0.222 e. The SMILES string of the molecule is Cc1cc(C[C@@H](C)NC(=O)CCCN2CCCC2=O)n[nH]1. The minimum Gasteiger partial charge on any atom is -0.353 e. The van der Waals surface area contributed by atoms with E-state index in [-0.39, 0.29) is 17.9 Å². The standard InChI is InChI=1S/C15H24N4O2/c1-11(9-13-10-12(2)17-18-13)16-14(20)5-3-7-19-8-4-6-15(19)21/h10-11H,3-9H2,1-2H3,(H,16,20)(H,17,18)/t11-/m1/s1. The second-order valence-electron chi connectivity index (χ2n) is 5.80. The molecule has 116 valence electrons. The first-order chi connectivity index (χ1) is 10.0. The van der Waals surface area contributed by atoms with Crippen molar-refractivity contribution in [2.75, 3.05) is 13.1 Å². The highest BCUT2D eigenvalue weighted by Gasteiger charge is 2.19. The summed E-state index contributed by atoms with van der Waals surface area (Å²) in [5.74, 6) is 0.263. The lowest BCUT2D eigenvalue weighted by atomic mass is 10.1. The van der Waals surface area contributed by atoms with E-state index in [1.165, 1.54) is 0 Å². The average Bonchev–Trinajstić information content (AvgIpc) is 2.99. The molecule has 1 aromatic heterocycles. The van der Waals surface area contributed by atoms with E-state index in [4.69, 9.17) is 0 Å². The normalized spacial score (nSPS) is 16.3. The monoisotopic (exact) mass is 292 g/mol. The second-order valence-corrected chi connectivity index (χ2v) is 5.80. The summed E-state index contributed by atoms with van der Waals surface area (Å²) in [6.45, 7) is 5.47. The zero-order chi connectivity index (χ0) is 15.2. The molecule has 0 bridgehead atoms. The van der Waals surface area contributed by atoms with Crippen molar-refractivity contribution in [3.63, 3.8) is 0 Å². The van der Waals surface area contributed by atoms with Gasteiger partial charge in [-0.2, -0.15) is 5.10 Å². The van der Waals surface area contributed by atoms with Crippen LogP contribution < -0.4 is 5.32 Å². The molecule has 21 heavy (non-hydrogen) atoms. The fourth-order valence-electron chi connectivity index (χ4n) is 2.66. The molecular weight excluding hydrogens is 268 g/mol. The molecule has 2 heterocycles. The fourth-order valence-corrected chi connectivity index (χ4v) is 2.66. The molecule has 2 amide bonds. The lowest BCUT2D eigenvalue weighted by Crippen LogP contribution is -2.35. The molecule has 1 atom stereocenters. The Balaban J connectivity index is 1.63. The molecule has 1 aromatic rings. The van der Waals surface area contributed by atoms with Gasteiger partial charge in [-0.1, -0.05) is 0 Å². The minimum atomic E-state index is 0.0430. The van der Waals surface area contributed by atoms with Gasteiger partial charge in [0.05, 0.1) is 5.69 Å². The predicted octanol–water partition coefficient (Wildman–Crippen LogP) is 1.17. The predicted molar refractivity (Wildman–Crippen MR) is 79.7 cm³/mol. The van der Waals surface area contributed by atoms with Crippen LogP contribution in [0.15, 0.2) is 6.07 Å². The third-order valence-electron chi connectivity index (χ3n) is 3.68. The molecule has 1 aliphatic rings. The molecule has 0 spiro atoms. The van der Waals surface area contributed by atoms with Crippen LogP contribution in [0.3, 0.4) is 0 Å². The van der Waals surface area contributed by atoms with Crippen molar-refractivity contribution in [2.24, 2.45) is 0 Å². The number of carbonyl (C=O) groups excluding carboxylic acids is 2. The highest BCUT2D eigenvalue weighted by molar-refractivity contribution is 5.78. The molecule has 6 heteroatoms. The molecule has 0 saturated carbocycles. The van der Waals surface area contributed by atoms with Crippen LogP contribution in [-0.2, 0) is 16.0 Å². The summed E-state index contributed by atoms with van der Waals surface area (Å²) in [6, 6.07) is 2.05. The molecular formula is C15H24N4O2. The highest BCUT2D eigenvalue weighted by Crippen LogP contribution is 2.10. The van der Waals surface area contributed by atoms with E-state index in [0.717, 1.165) is 37.2 Å². The van der Waals surface area contributed by atoms with Crippen LogP contribution in [0.25, 0.3) is 0 Å². The van der Waals surface area contributed by atoms with Crippen LogP contribution in [0.4, 0.5) is 0 Å². The Kier molecular flexibility index (Phi) is 5.36. The third kappa shape index (κ3) is 4.88. The summed E-state index contributed by atoms with van der Waals surface area (Å²) in [7, 11) is 0. The van der Waals surface area contributed by atoms with E-state index in [2.05, 4.69) is 15.5 Å². The molecule has 2 N–H and O–H groups in total. The topological polar surface area (TPSA) is 78.1 Å². The second kappa shape index (κ2) is 7.24. The van der Waals surface area contributed by atoms with Gasteiger partial charge in [0, 0.05) is 44.1 Å². The number of aromatic amines is 1. The lowest BCUT2D eigenvalue weighted by molar-refractivity contribution is -0.128.